The molecule has 1 amide bonds. The van der Waals surface area contributed by atoms with Crippen LogP contribution in [0.1, 0.15) is 27.2 Å². The van der Waals surface area contributed by atoms with Gasteiger partial charge in [0.1, 0.15) is 17.9 Å². The molecular weight excluding hydrogens is 372 g/mol. The summed E-state index contributed by atoms with van der Waals surface area (Å²) in [5.74, 6) is 0.238. The number of ether oxygens (including phenoxy) is 3. The van der Waals surface area contributed by atoms with Crippen molar-refractivity contribution >= 4 is 5.91 Å². The van der Waals surface area contributed by atoms with Crippen molar-refractivity contribution in [2.45, 2.75) is 25.9 Å². The first kappa shape index (κ1) is 19.7. The van der Waals surface area contributed by atoms with Gasteiger partial charge in [-0.15, -0.1) is 0 Å². The molecule has 2 aliphatic heterocycles. The molecule has 0 aliphatic carbocycles. The second kappa shape index (κ2) is 8.80. The SMILES string of the molecule is COCCOc1cc(=O)n2c(c1C(=O)N1CCc3ccccc3C1)CCOCC2. The monoisotopic (exact) mass is 398 g/mol. The zero-order valence-corrected chi connectivity index (χ0v) is 16.7. The Balaban J connectivity index is 1.72. The molecule has 0 bridgehead atoms. The summed E-state index contributed by atoms with van der Waals surface area (Å²) in [7, 11) is 1.59. The van der Waals surface area contributed by atoms with E-state index in [1.54, 1.807) is 11.7 Å². The average Bonchev–Trinajstić information content (AvgIpc) is 3.00. The number of rotatable bonds is 5. The molecule has 7 heteroatoms. The third-order valence-electron chi connectivity index (χ3n) is 5.50. The first-order valence-electron chi connectivity index (χ1n) is 10.0. The number of methoxy groups -OCH3 is 1. The van der Waals surface area contributed by atoms with Gasteiger partial charge in [-0.25, -0.2) is 0 Å². The van der Waals surface area contributed by atoms with Gasteiger partial charge in [0.05, 0.1) is 19.8 Å². The summed E-state index contributed by atoms with van der Waals surface area (Å²) >= 11 is 0. The lowest BCUT2D eigenvalue weighted by molar-refractivity contribution is 0.0724. The van der Waals surface area contributed by atoms with Gasteiger partial charge in [0.15, 0.2) is 0 Å². The van der Waals surface area contributed by atoms with Gasteiger partial charge in [-0.05, 0) is 17.5 Å². The Labute approximate surface area is 169 Å². The second-order valence-corrected chi connectivity index (χ2v) is 7.27. The number of nitrogens with zero attached hydrogens (tertiary/aromatic N) is 2. The van der Waals surface area contributed by atoms with Crippen molar-refractivity contribution < 1.29 is 19.0 Å². The fourth-order valence-corrected chi connectivity index (χ4v) is 4.01. The molecule has 2 aliphatic rings. The molecule has 4 rings (SSSR count). The van der Waals surface area contributed by atoms with Crippen LogP contribution in [0.4, 0.5) is 0 Å². The number of hydrogen-bond acceptors (Lipinski definition) is 5. The molecule has 1 aromatic heterocycles. The summed E-state index contributed by atoms with van der Waals surface area (Å²) in [6.45, 7) is 3.23. The van der Waals surface area contributed by atoms with E-state index in [0.29, 0.717) is 62.9 Å². The first-order chi connectivity index (χ1) is 14.2. The maximum Gasteiger partial charge on any atom is 0.259 e. The minimum Gasteiger partial charge on any atom is -0.490 e. The topological polar surface area (TPSA) is 70.0 Å². The number of carbonyl (C=O) groups excluding carboxylic acids is 1. The van der Waals surface area contributed by atoms with E-state index in [1.807, 2.05) is 17.0 Å². The predicted molar refractivity (Wildman–Crippen MR) is 107 cm³/mol. The Bertz CT molecular complexity index is 953. The number of amides is 1. The van der Waals surface area contributed by atoms with Gasteiger partial charge in [-0.1, -0.05) is 24.3 Å². The van der Waals surface area contributed by atoms with E-state index in [-0.39, 0.29) is 18.1 Å². The summed E-state index contributed by atoms with van der Waals surface area (Å²) in [4.78, 5) is 28.1. The molecule has 0 saturated carbocycles. The molecule has 3 heterocycles. The van der Waals surface area contributed by atoms with Crippen LogP contribution in [0, 0.1) is 0 Å². The maximum absolute atomic E-state index is 13.6. The van der Waals surface area contributed by atoms with E-state index in [9.17, 15) is 9.59 Å². The van der Waals surface area contributed by atoms with Gasteiger partial charge in [-0.2, -0.15) is 0 Å². The van der Waals surface area contributed by atoms with Crippen LogP contribution in [-0.2, 0) is 35.4 Å². The number of benzene rings is 1. The highest BCUT2D eigenvalue weighted by atomic mass is 16.5. The van der Waals surface area contributed by atoms with Crippen LogP contribution >= 0.6 is 0 Å². The molecule has 154 valence electrons. The van der Waals surface area contributed by atoms with Crippen LogP contribution in [0.15, 0.2) is 35.1 Å². The first-order valence-corrected chi connectivity index (χ1v) is 10.0. The van der Waals surface area contributed by atoms with Gasteiger partial charge >= 0.3 is 0 Å². The lowest BCUT2D eigenvalue weighted by atomic mass is 9.98. The summed E-state index contributed by atoms with van der Waals surface area (Å²) in [6.07, 6.45) is 1.32. The van der Waals surface area contributed by atoms with Gasteiger partial charge in [0.2, 0.25) is 0 Å². The minimum atomic E-state index is -0.168. The third kappa shape index (κ3) is 4.06. The highest BCUT2D eigenvalue weighted by Crippen LogP contribution is 2.27. The standard InChI is InChI=1S/C22H26N2O5/c1-27-12-13-29-19-14-20(25)24-9-11-28-10-7-18(24)21(19)22(26)23-8-6-16-4-2-3-5-17(16)15-23/h2-5,14H,6-13,15H2,1H3. The number of pyridine rings is 1. The molecule has 2 aromatic rings. The molecule has 1 aromatic carbocycles. The summed E-state index contributed by atoms with van der Waals surface area (Å²) in [5.41, 5.74) is 3.46. The van der Waals surface area contributed by atoms with Gasteiger partial charge in [0.25, 0.3) is 11.5 Å². The quantitative estimate of drug-likeness (QED) is 0.717. The molecule has 0 saturated heterocycles. The van der Waals surface area contributed by atoms with Gasteiger partial charge in [-0.3, -0.25) is 9.59 Å². The molecular formula is C22H26N2O5. The highest BCUT2D eigenvalue weighted by Gasteiger charge is 2.29. The Kier molecular flexibility index (Phi) is 5.97. The number of hydrogen-bond donors (Lipinski definition) is 0. The Morgan fingerprint density at radius 2 is 1.93 bits per heavy atom. The Morgan fingerprint density at radius 3 is 2.76 bits per heavy atom. The van der Waals surface area contributed by atoms with Crippen molar-refractivity contribution in [2.75, 3.05) is 40.1 Å². The molecule has 0 unspecified atom stereocenters. The number of carbonyl (C=O) groups is 1. The normalized spacial score (nSPS) is 16.0. The maximum atomic E-state index is 13.6. The van der Waals surface area contributed by atoms with E-state index in [0.717, 1.165) is 12.0 Å². The molecule has 0 fully saturated rings. The van der Waals surface area contributed by atoms with Crippen LogP contribution in [-0.4, -0.2) is 55.5 Å². The Hall–Kier alpha value is -2.64. The van der Waals surface area contributed by atoms with Gasteiger partial charge < -0.3 is 23.7 Å². The molecule has 7 nitrogen and oxygen atoms in total. The fraction of sp³-hybridized carbons (Fsp3) is 0.455. The lowest BCUT2D eigenvalue weighted by Crippen LogP contribution is -2.38. The predicted octanol–water partition coefficient (Wildman–Crippen LogP) is 1.64. The van der Waals surface area contributed by atoms with Crippen molar-refractivity contribution in [3.8, 4) is 5.75 Å². The lowest BCUT2D eigenvalue weighted by Gasteiger charge is -2.30. The molecule has 0 radical (unpaired) electrons. The molecule has 29 heavy (non-hydrogen) atoms. The van der Waals surface area contributed by atoms with E-state index in [2.05, 4.69) is 12.1 Å². The number of fused-ring (bicyclic) bond motifs is 2. The van der Waals surface area contributed by atoms with Crippen LogP contribution in [0.2, 0.25) is 0 Å². The zero-order chi connectivity index (χ0) is 20.2. The van der Waals surface area contributed by atoms with Crippen molar-refractivity contribution in [2.24, 2.45) is 0 Å². The highest BCUT2D eigenvalue weighted by molar-refractivity contribution is 5.98. The third-order valence-corrected chi connectivity index (χ3v) is 5.50. The minimum absolute atomic E-state index is 0.0995. The summed E-state index contributed by atoms with van der Waals surface area (Å²) < 4.78 is 18.1. The average molecular weight is 398 g/mol. The Morgan fingerprint density at radius 1 is 1.10 bits per heavy atom. The number of aromatic nitrogens is 1. The van der Waals surface area contributed by atoms with E-state index in [4.69, 9.17) is 14.2 Å². The smallest absolute Gasteiger partial charge is 0.259 e. The van der Waals surface area contributed by atoms with E-state index >= 15 is 0 Å². The van der Waals surface area contributed by atoms with Crippen molar-refractivity contribution in [3.05, 3.63) is 63.1 Å². The van der Waals surface area contributed by atoms with Crippen molar-refractivity contribution in [1.82, 2.24) is 9.47 Å². The van der Waals surface area contributed by atoms with Gasteiger partial charge in [0, 0.05) is 44.9 Å². The molecule has 0 spiro atoms. The van der Waals surface area contributed by atoms with Crippen LogP contribution in [0.25, 0.3) is 0 Å². The van der Waals surface area contributed by atoms with E-state index < -0.39 is 0 Å². The second-order valence-electron chi connectivity index (χ2n) is 7.27. The van der Waals surface area contributed by atoms with Crippen LogP contribution in [0.5, 0.6) is 5.75 Å². The fourth-order valence-electron chi connectivity index (χ4n) is 4.01. The van der Waals surface area contributed by atoms with Crippen LogP contribution in [0.3, 0.4) is 0 Å². The van der Waals surface area contributed by atoms with E-state index in [1.165, 1.54) is 11.6 Å². The molecule has 0 atom stereocenters. The molecule has 0 N–H and O–H groups in total. The van der Waals surface area contributed by atoms with Crippen molar-refractivity contribution in [3.63, 3.8) is 0 Å². The zero-order valence-electron chi connectivity index (χ0n) is 16.7. The summed E-state index contributed by atoms with van der Waals surface area (Å²) in [5, 5.41) is 0. The van der Waals surface area contributed by atoms with Crippen LogP contribution < -0.4 is 10.3 Å². The summed E-state index contributed by atoms with van der Waals surface area (Å²) in [6, 6.07) is 9.63. The largest absolute Gasteiger partial charge is 0.490 e. The van der Waals surface area contributed by atoms with Crippen molar-refractivity contribution in [1.29, 1.82) is 0 Å².